The number of aromatic nitrogens is 3. The van der Waals surface area contributed by atoms with Gasteiger partial charge in [-0.25, -0.2) is 28.5 Å². The van der Waals surface area contributed by atoms with Gasteiger partial charge in [0, 0.05) is 30.4 Å². The Bertz CT molecular complexity index is 1380. The molecule has 1 fully saturated rings. The second-order valence-electron chi connectivity index (χ2n) is 8.69. The van der Waals surface area contributed by atoms with E-state index in [0.29, 0.717) is 29.5 Å². The summed E-state index contributed by atoms with van der Waals surface area (Å²) in [5.74, 6) is 0. The fourth-order valence-electron chi connectivity index (χ4n) is 4.03. The summed E-state index contributed by atoms with van der Waals surface area (Å²) in [6, 6.07) is 5.85. The number of nitrogens with two attached hydrogens (primary N) is 1. The van der Waals surface area contributed by atoms with Crippen molar-refractivity contribution in [3.63, 3.8) is 0 Å². The van der Waals surface area contributed by atoms with Crippen LogP contribution in [-0.4, -0.2) is 42.8 Å². The number of hydrogen-bond acceptors (Lipinski definition) is 7. The van der Waals surface area contributed by atoms with Crippen molar-refractivity contribution in [1.29, 1.82) is 0 Å². The predicted octanol–water partition coefficient (Wildman–Crippen LogP) is 5.92. The molecule has 14 heteroatoms. The Hall–Kier alpha value is -1.83. The van der Waals surface area contributed by atoms with E-state index in [2.05, 4.69) is 16.9 Å². The maximum atomic E-state index is 13.2. The summed E-state index contributed by atoms with van der Waals surface area (Å²) < 4.78 is 69.5. The SMILES string of the molecule is CC1(c2nc(-c3cccc(C(CC(F)(F)F)S(N)(=O)=O)c3Cl)c(-c3ccnc(Cl)n3)s2)CCOCC1. The summed E-state index contributed by atoms with van der Waals surface area (Å²) in [4.78, 5) is 13.6. The molecule has 0 bridgehead atoms. The van der Waals surface area contributed by atoms with Crippen molar-refractivity contribution < 1.29 is 26.3 Å². The van der Waals surface area contributed by atoms with Gasteiger partial charge in [0.25, 0.3) is 0 Å². The van der Waals surface area contributed by atoms with Crippen LogP contribution in [0.2, 0.25) is 10.3 Å². The van der Waals surface area contributed by atoms with Crippen LogP contribution in [0, 0.1) is 0 Å². The van der Waals surface area contributed by atoms with Crippen molar-refractivity contribution in [1.82, 2.24) is 15.0 Å². The molecule has 0 amide bonds. The second-order valence-corrected chi connectivity index (χ2v) is 12.1. The normalized spacial score (nSPS) is 17.2. The first-order chi connectivity index (χ1) is 16.8. The summed E-state index contributed by atoms with van der Waals surface area (Å²) >= 11 is 14.0. The highest BCUT2D eigenvalue weighted by Gasteiger charge is 2.40. The number of hydrogen-bond donors (Lipinski definition) is 1. The Labute approximate surface area is 219 Å². The first-order valence-corrected chi connectivity index (χ1v) is 13.9. The average Bonchev–Trinajstić information content (AvgIpc) is 3.23. The molecule has 3 heterocycles. The van der Waals surface area contributed by atoms with Crippen molar-refractivity contribution in [3.05, 3.63) is 51.3 Å². The summed E-state index contributed by atoms with van der Waals surface area (Å²) in [6.45, 7) is 3.18. The highest BCUT2D eigenvalue weighted by atomic mass is 35.5. The minimum absolute atomic E-state index is 0.00462. The van der Waals surface area contributed by atoms with E-state index >= 15 is 0 Å². The molecule has 0 aliphatic carbocycles. The number of rotatable bonds is 6. The Balaban J connectivity index is 1.92. The van der Waals surface area contributed by atoms with Crippen LogP contribution in [-0.2, 0) is 20.2 Å². The predicted molar refractivity (Wildman–Crippen MR) is 133 cm³/mol. The molecule has 3 aromatic rings. The highest BCUT2D eigenvalue weighted by molar-refractivity contribution is 7.89. The molecule has 1 unspecified atom stereocenters. The van der Waals surface area contributed by atoms with Gasteiger partial charge in [0.05, 0.1) is 32.7 Å². The Morgan fingerprint density at radius 3 is 2.50 bits per heavy atom. The minimum atomic E-state index is -4.79. The third-order valence-corrected chi connectivity index (χ3v) is 9.24. The Morgan fingerprint density at radius 2 is 1.89 bits per heavy atom. The molecule has 2 aromatic heterocycles. The van der Waals surface area contributed by atoms with Crippen molar-refractivity contribution in [2.45, 2.75) is 43.0 Å². The van der Waals surface area contributed by atoms with Crippen LogP contribution in [0.4, 0.5) is 13.2 Å². The van der Waals surface area contributed by atoms with Crippen LogP contribution in [0.1, 0.15) is 42.0 Å². The molecule has 0 spiro atoms. The van der Waals surface area contributed by atoms with Crippen LogP contribution < -0.4 is 5.14 Å². The maximum Gasteiger partial charge on any atom is 0.390 e. The zero-order valence-corrected chi connectivity index (χ0v) is 22.0. The zero-order valence-electron chi connectivity index (χ0n) is 18.8. The van der Waals surface area contributed by atoms with Crippen molar-refractivity contribution in [3.8, 4) is 21.8 Å². The molecule has 2 N–H and O–H groups in total. The van der Waals surface area contributed by atoms with Crippen molar-refractivity contribution >= 4 is 44.6 Å². The lowest BCUT2D eigenvalue weighted by atomic mass is 9.83. The molecule has 1 aliphatic heterocycles. The number of halogens is 5. The lowest BCUT2D eigenvalue weighted by molar-refractivity contribution is -0.134. The van der Waals surface area contributed by atoms with E-state index in [9.17, 15) is 21.6 Å². The number of alkyl halides is 3. The molecule has 194 valence electrons. The van der Waals surface area contributed by atoms with Crippen molar-refractivity contribution in [2.24, 2.45) is 5.14 Å². The van der Waals surface area contributed by atoms with E-state index in [4.69, 9.17) is 38.1 Å². The van der Waals surface area contributed by atoms with Crippen molar-refractivity contribution in [2.75, 3.05) is 13.2 Å². The average molecular weight is 581 g/mol. The third-order valence-electron chi connectivity index (χ3n) is 6.04. The van der Waals surface area contributed by atoms with E-state index in [-0.39, 0.29) is 26.8 Å². The van der Waals surface area contributed by atoms with E-state index in [1.54, 1.807) is 12.1 Å². The van der Waals surface area contributed by atoms with Crippen LogP contribution in [0.3, 0.4) is 0 Å². The maximum absolute atomic E-state index is 13.2. The van der Waals surface area contributed by atoms with Gasteiger partial charge in [-0.3, -0.25) is 0 Å². The highest BCUT2D eigenvalue weighted by Crippen LogP contribution is 2.47. The topological polar surface area (TPSA) is 108 Å². The molecule has 36 heavy (non-hydrogen) atoms. The number of primary sulfonamides is 1. The molecule has 1 aromatic carbocycles. The van der Waals surface area contributed by atoms with Gasteiger partial charge in [-0.2, -0.15) is 13.2 Å². The van der Waals surface area contributed by atoms with E-state index in [0.717, 1.165) is 17.8 Å². The summed E-state index contributed by atoms with van der Waals surface area (Å²) in [5, 5.41) is 3.70. The molecule has 1 saturated heterocycles. The van der Waals surface area contributed by atoms with Gasteiger partial charge in [0.2, 0.25) is 15.3 Å². The van der Waals surface area contributed by atoms with Gasteiger partial charge in [-0.05, 0) is 36.1 Å². The van der Waals surface area contributed by atoms with E-state index in [1.165, 1.54) is 29.7 Å². The van der Waals surface area contributed by atoms with Gasteiger partial charge in [0.15, 0.2) is 0 Å². The quantitative estimate of drug-likeness (QED) is 0.362. The van der Waals surface area contributed by atoms with Gasteiger partial charge >= 0.3 is 6.18 Å². The monoisotopic (exact) mass is 580 g/mol. The van der Waals surface area contributed by atoms with Crippen LogP contribution in [0.25, 0.3) is 21.8 Å². The molecule has 0 saturated carbocycles. The lowest BCUT2D eigenvalue weighted by Gasteiger charge is -2.31. The smallest absolute Gasteiger partial charge is 0.381 e. The molecule has 1 atom stereocenters. The van der Waals surface area contributed by atoms with Crippen LogP contribution in [0.15, 0.2) is 30.5 Å². The third kappa shape index (κ3) is 5.84. The Kier molecular flexibility index (Phi) is 7.67. The molecule has 7 nitrogen and oxygen atoms in total. The molecular formula is C22H21Cl2F3N4O3S2. The number of sulfonamides is 1. The van der Waals surface area contributed by atoms with Crippen LogP contribution >= 0.6 is 34.5 Å². The number of ether oxygens (including phenoxy) is 1. The molecule has 4 rings (SSSR count). The number of thiazole rings is 1. The minimum Gasteiger partial charge on any atom is -0.381 e. The zero-order chi connectivity index (χ0) is 26.3. The van der Waals surface area contributed by atoms with Gasteiger partial charge < -0.3 is 4.74 Å². The van der Waals surface area contributed by atoms with Gasteiger partial charge in [-0.1, -0.05) is 36.7 Å². The Morgan fingerprint density at radius 1 is 1.19 bits per heavy atom. The largest absolute Gasteiger partial charge is 0.390 e. The summed E-state index contributed by atoms with van der Waals surface area (Å²) in [7, 11) is -4.64. The van der Waals surface area contributed by atoms with E-state index < -0.39 is 27.9 Å². The fourth-order valence-corrected chi connectivity index (χ4v) is 6.81. The molecule has 0 radical (unpaired) electrons. The first kappa shape index (κ1) is 27.2. The summed E-state index contributed by atoms with van der Waals surface area (Å²) in [5.41, 5.74) is 0.491. The number of benzene rings is 1. The number of nitrogens with zero attached hydrogens (tertiary/aromatic N) is 3. The fraction of sp³-hybridized carbons (Fsp3) is 0.409. The second kappa shape index (κ2) is 10.1. The van der Waals surface area contributed by atoms with Gasteiger partial charge in [0.1, 0.15) is 5.25 Å². The standard InChI is InChI=1S/C22H21Cl2F3N4O3S2/c1-21(6-9-34-10-7-21)19-31-17(18(35-19)14-5-8-29-20(24)30-14)13-4-2-3-12(16(13)23)15(36(28,32)33)11-22(25,26)27/h2-5,8,15H,6-7,9-11H2,1H3,(H2,28,32,33). The molecule has 1 aliphatic rings. The lowest BCUT2D eigenvalue weighted by Crippen LogP contribution is -2.30. The van der Waals surface area contributed by atoms with E-state index in [1.807, 2.05) is 0 Å². The van der Waals surface area contributed by atoms with Gasteiger partial charge in [-0.15, -0.1) is 11.3 Å². The molecular weight excluding hydrogens is 560 g/mol. The van der Waals surface area contributed by atoms with Crippen LogP contribution in [0.5, 0.6) is 0 Å². The summed E-state index contributed by atoms with van der Waals surface area (Å²) in [6.07, 6.45) is -3.55. The first-order valence-electron chi connectivity index (χ1n) is 10.7.